The number of hydrogen-bond donors (Lipinski definition) is 0. The molecule has 1 aromatic rings. The molecule has 0 bridgehead atoms. The van der Waals surface area contributed by atoms with Crippen molar-refractivity contribution in [2.24, 2.45) is 5.92 Å². The lowest BCUT2D eigenvalue weighted by atomic mass is 9.87. The van der Waals surface area contributed by atoms with E-state index in [1.165, 1.54) is 0 Å². The number of rotatable bonds is 2. The Bertz CT molecular complexity index is 508. The van der Waals surface area contributed by atoms with Crippen LogP contribution in [0.3, 0.4) is 0 Å². The van der Waals surface area contributed by atoms with Gasteiger partial charge in [0.25, 0.3) is 0 Å². The fraction of sp³-hybridized carbons (Fsp3) is 0.538. The molecule has 2 unspecified atom stereocenters. The summed E-state index contributed by atoms with van der Waals surface area (Å²) in [7, 11) is -3.09. The van der Waals surface area contributed by atoms with Crippen LogP contribution in [0.5, 0.6) is 0 Å². The van der Waals surface area contributed by atoms with Gasteiger partial charge < -0.3 is 0 Å². The Morgan fingerprint density at radius 3 is 2.59 bits per heavy atom. The normalized spacial score (nSPS) is 24.4. The van der Waals surface area contributed by atoms with Crippen molar-refractivity contribution in [3.05, 3.63) is 29.8 Å². The molecule has 0 radical (unpaired) electrons. The van der Waals surface area contributed by atoms with Gasteiger partial charge in [0.1, 0.15) is 0 Å². The van der Waals surface area contributed by atoms with E-state index in [0.717, 1.165) is 5.56 Å². The van der Waals surface area contributed by atoms with Crippen molar-refractivity contribution >= 4 is 21.4 Å². The summed E-state index contributed by atoms with van der Waals surface area (Å²) in [5, 5.41) is -0.00773. The third kappa shape index (κ3) is 2.36. The summed E-state index contributed by atoms with van der Waals surface area (Å²) < 4.78 is 23.9. The molecule has 0 saturated heterocycles. The maximum Gasteiger partial charge on any atom is 0.178 e. The van der Waals surface area contributed by atoms with E-state index in [-0.39, 0.29) is 17.0 Å². The molecular formula is C13H17ClO2S. The largest absolute Gasteiger partial charge is 0.224 e. The van der Waals surface area contributed by atoms with E-state index in [1.807, 2.05) is 12.1 Å². The number of benzene rings is 1. The number of hydrogen-bond acceptors (Lipinski definition) is 2. The van der Waals surface area contributed by atoms with Crippen molar-refractivity contribution in [1.29, 1.82) is 0 Å². The summed E-state index contributed by atoms with van der Waals surface area (Å²) in [6.45, 7) is 4.15. The van der Waals surface area contributed by atoms with Crippen molar-refractivity contribution < 1.29 is 8.42 Å². The number of sulfone groups is 1. The molecular weight excluding hydrogens is 256 g/mol. The van der Waals surface area contributed by atoms with Crippen molar-refractivity contribution in [2.45, 2.75) is 36.5 Å². The third-order valence-corrected chi connectivity index (χ3v) is 6.00. The van der Waals surface area contributed by atoms with E-state index in [2.05, 4.69) is 13.8 Å². The lowest BCUT2D eigenvalue weighted by molar-refractivity contribution is 0.481. The topological polar surface area (TPSA) is 34.1 Å². The molecule has 2 rings (SSSR count). The highest BCUT2D eigenvalue weighted by Crippen LogP contribution is 2.39. The average Bonchev–Trinajstić information content (AvgIpc) is 2.28. The molecule has 1 heterocycles. The molecule has 1 aliphatic rings. The maximum atomic E-state index is 12.0. The summed E-state index contributed by atoms with van der Waals surface area (Å²) >= 11 is 6.42. The van der Waals surface area contributed by atoms with Crippen LogP contribution in [0, 0.1) is 5.92 Å². The van der Waals surface area contributed by atoms with E-state index < -0.39 is 9.84 Å². The predicted molar refractivity (Wildman–Crippen MR) is 70.3 cm³/mol. The minimum absolute atomic E-state index is 0.00773. The van der Waals surface area contributed by atoms with Crippen LogP contribution >= 0.6 is 11.6 Å². The minimum atomic E-state index is -3.09. The summed E-state index contributed by atoms with van der Waals surface area (Å²) in [5.41, 5.74) is 0.896. The van der Waals surface area contributed by atoms with Crippen molar-refractivity contribution in [2.75, 3.05) is 5.75 Å². The van der Waals surface area contributed by atoms with Gasteiger partial charge in [-0.3, -0.25) is 0 Å². The predicted octanol–water partition coefficient (Wildman–Crippen LogP) is 3.21. The van der Waals surface area contributed by atoms with Crippen LogP contribution in [0.25, 0.3) is 0 Å². The highest BCUT2D eigenvalue weighted by Gasteiger charge is 2.34. The molecule has 94 valence electrons. The van der Waals surface area contributed by atoms with Crippen LogP contribution in [0.2, 0.25) is 0 Å². The molecule has 17 heavy (non-hydrogen) atoms. The highest BCUT2D eigenvalue weighted by atomic mass is 35.5. The molecule has 0 fully saturated rings. The first kappa shape index (κ1) is 12.9. The summed E-state index contributed by atoms with van der Waals surface area (Å²) in [6.07, 6.45) is 0.631. The van der Waals surface area contributed by atoms with Gasteiger partial charge in [-0.2, -0.15) is 0 Å². The lowest BCUT2D eigenvalue weighted by Crippen LogP contribution is -2.27. The van der Waals surface area contributed by atoms with Gasteiger partial charge in [-0.25, -0.2) is 8.42 Å². The first-order valence-corrected chi connectivity index (χ1v) is 7.98. The van der Waals surface area contributed by atoms with Gasteiger partial charge >= 0.3 is 0 Å². The Kier molecular flexibility index (Phi) is 3.50. The fourth-order valence-electron chi connectivity index (χ4n) is 2.41. The molecule has 0 amide bonds. The second kappa shape index (κ2) is 4.62. The van der Waals surface area contributed by atoms with Gasteiger partial charge in [-0.05, 0) is 24.0 Å². The Labute approximate surface area is 108 Å². The standard InChI is InChI=1S/C13H17ClO2S/c1-9(2)13(14)11-7-8-17(15,16)12-6-4-3-5-10(11)12/h3-6,9,11,13H,7-8H2,1-2H3. The molecule has 1 aliphatic heterocycles. The number of halogens is 1. The Morgan fingerprint density at radius 2 is 1.94 bits per heavy atom. The average molecular weight is 273 g/mol. The zero-order chi connectivity index (χ0) is 12.6. The van der Waals surface area contributed by atoms with Crippen LogP contribution in [-0.2, 0) is 9.84 Å². The van der Waals surface area contributed by atoms with Gasteiger partial charge in [-0.15, -0.1) is 11.6 Å². The molecule has 2 atom stereocenters. The minimum Gasteiger partial charge on any atom is -0.224 e. The van der Waals surface area contributed by atoms with E-state index >= 15 is 0 Å². The van der Waals surface area contributed by atoms with Gasteiger partial charge in [0.15, 0.2) is 9.84 Å². The summed E-state index contributed by atoms with van der Waals surface area (Å²) in [4.78, 5) is 0.475. The third-order valence-electron chi connectivity index (χ3n) is 3.37. The van der Waals surface area contributed by atoms with E-state index in [9.17, 15) is 8.42 Å². The molecule has 0 aliphatic carbocycles. The van der Waals surface area contributed by atoms with Gasteiger partial charge in [0.2, 0.25) is 0 Å². The molecule has 1 aromatic carbocycles. The van der Waals surface area contributed by atoms with Crippen LogP contribution < -0.4 is 0 Å². The monoisotopic (exact) mass is 272 g/mol. The fourth-order valence-corrected chi connectivity index (χ4v) is 4.32. The van der Waals surface area contributed by atoms with Crippen LogP contribution in [0.4, 0.5) is 0 Å². The van der Waals surface area contributed by atoms with Gasteiger partial charge in [0, 0.05) is 11.3 Å². The Balaban J connectivity index is 2.49. The van der Waals surface area contributed by atoms with Gasteiger partial charge in [-0.1, -0.05) is 32.0 Å². The van der Waals surface area contributed by atoms with E-state index in [4.69, 9.17) is 11.6 Å². The molecule has 0 spiro atoms. The molecule has 2 nitrogen and oxygen atoms in total. The molecule has 0 saturated carbocycles. The van der Waals surface area contributed by atoms with Gasteiger partial charge in [0.05, 0.1) is 10.6 Å². The second-order valence-electron chi connectivity index (χ2n) is 4.94. The highest BCUT2D eigenvalue weighted by molar-refractivity contribution is 7.91. The quantitative estimate of drug-likeness (QED) is 0.775. The summed E-state index contributed by atoms with van der Waals surface area (Å²) in [5.74, 6) is 0.705. The SMILES string of the molecule is CC(C)C(Cl)C1CCS(=O)(=O)c2ccccc21. The van der Waals surface area contributed by atoms with Crippen LogP contribution in [0.15, 0.2) is 29.2 Å². The van der Waals surface area contributed by atoms with Crippen LogP contribution in [0.1, 0.15) is 31.7 Å². The number of fused-ring (bicyclic) bond motifs is 1. The molecule has 0 N–H and O–H groups in total. The second-order valence-corrected chi connectivity index (χ2v) is 7.52. The maximum absolute atomic E-state index is 12.0. The van der Waals surface area contributed by atoms with E-state index in [0.29, 0.717) is 17.2 Å². The lowest BCUT2D eigenvalue weighted by Gasteiger charge is -2.30. The molecule has 4 heteroatoms. The zero-order valence-electron chi connectivity index (χ0n) is 10.1. The van der Waals surface area contributed by atoms with E-state index in [1.54, 1.807) is 12.1 Å². The first-order valence-electron chi connectivity index (χ1n) is 5.89. The molecule has 0 aromatic heterocycles. The zero-order valence-corrected chi connectivity index (χ0v) is 11.6. The Hall–Kier alpha value is -0.540. The first-order chi connectivity index (χ1) is 7.93. The summed E-state index contributed by atoms with van der Waals surface area (Å²) in [6, 6.07) is 7.25. The van der Waals surface area contributed by atoms with Crippen molar-refractivity contribution in [3.8, 4) is 0 Å². The Morgan fingerprint density at radius 1 is 1.29 bits per heavy atom. The van der Waals surface area contributed by atoms with Crippen molar-refractivity contribution in [1.82, 2.24) is 0 Å². The van der Waals surface area contributed by atoms with Crippen LogP contribution in [-0.4, -0.2) is 19.5 Å². The smallest absolute Gasteiger partial charge is 0.178 e. The number of alkyl halides is 1. The van der Waals surface area contributed by atoms with Crippen molar-refractivity contribution in [3.63, 3.8) is 0 Å².